The molecule has 0 aliphatic carbocycles. The van der Waals surface area contributed by atoms with Gasteiger partial charge >= 0.3 is 0 Å². The van der Waals surface area contributed by atoms with E-state index in [2.05, 4.69) is 20.6 Å². The second-order valence-electron chi connectivity index (χ2n) is 6.01. The zero-order valence-corrected chi connectivity index (χ0v) is 14.3. The number of aryl methyl sites for hydroxylation is 1. The van der Waals surface area contributed by atoms with E-state index in [0.717, 1.165) is 10.8 Å². The van der Waals surface area contributed by atoms with Crippen molar-refractivity contribution in [2.45, 2.75) is 26.2 Å². The summed E-state index contributed by atoms with van der Waals surface area (Å²) in [5.74, 6) is -0.304. The first kappa shape index (κ1) is 17.6. The van der Waals surface area contributed by atoms with Gasteiger partial charge in [0.05, 0.1) is 0 Å². The molecule has 0 atom stereocenters. The summed E-state index contributed by atoms with van der Waals surface area (Å²) in [5.41, 5.74) is 5.84. The number of hydrogen-bond acceptors (Lipinski definition) is 6. The summed E-state index contributed by atoms with van der Waals surface area (Å²) in [5, 5.41) is 5.61. The van der Waals surface area contributed by atoms with Gasteiger partial charge in [0.15, 0.2) is 0 Å². The third kappa shape index (κ3) is 3.71. The second-order valence-corrected chi connectivity index (χ2v) is 6.01. The van der Waals surface area contributed by atoms with Crippen LogP contribution in [0.5, 0.6) is 0 Å². The number of carbonyl (C=O) groups excluding carboxylic acids is 1. The second kappa shape index (κ2) is 7.34. The molecule has 136 valence electrons. The highest BCUT2D eigenvalue weighted by Crippen LogP contribution is 2.19. The van der Waals surface area contributed by atoms with Gasteiger partial charge < -0.3 is 16.4 Å². The van der Waals surface area contributed by atoms with Gasteiger partial charge in [0.25, 0.3) is 11.5 Å². The number of allylic oxidation sites excluding steroid dienone is 1. The minimum Gasteiger partial charge on any atom is -0.384 e. The first-order valence-electron chi connectivity index (χ1n) is 8.21. The minimum absolute atomic E-state index is 0.111. The third-order valence-corrected chi connectivity index (χ3v) is 3.99. The Bertz CT molecular complexity index is 937. The van der Waals surface area contributed by atoms with Crippen molar-refractivity contribution in [3.05, 3.63) is 45.9 Å². The summed E-state index contributed by atoms with van der Waals surface area (Å²) in [6.07, 6.45) is 3.81. The number of nitrogens with one attached hydrogen (secondary N) is 2. The van der Waals surface area contributed by atoms with Crippen LogP contribution in [0.15, 0.2) is 29.1 Å². The molecule has 0 saturated heterocycles. The van der Waals surface area contributed by atoms with Gasteiger partial charge in [-0.05, 0) is 31.4 Å². The molecule has 3 heterocycles. The van der Waals surface area contributed by atoms with E-state index in [9.17, 15) is 14.0 Å². The van der Waals surface area contributed by atoms with Crippen LogP contribution in [-0.2, 0) is 0 Å². The van der Waals surface area contributed by atoms with Crippen molar-refractivity contribution in [3.63, 3.8) is 0 Å². The van der Waals surface area contributed by atoms with Crippen LogP contribution in [0.2, 0.25) is 0 Å². The summed E-state index contributed by atoms with van der Waals surface area (Å²) in [7, 11) is 0. The maximum Gasteiger partial charge on any atom is 0.279 e. The van der Waals surface area contributed by atoms with E-state index in [-0.39, 0.29) is 23.6 Å². The van der Waals surface area contributed by atoms with Crippen molar-refractivity contribution in [1.29, 1.82) is 0 Å². The van der Waals surface area contributed by atoms with E-state index in [1.807, 2.05) is 0 Å². The van der Waals surface area contributed by atoms with Gasteiger partial charge in [0.1, 0.15) is 35.2 Å². The van der Waals surface area contributed by atoms with Crippen LogP contribution in [0.4, 0.5) is 21.7 Å². The number of nitrogen functional groups attached to an aromatic ring is 1. The number of pyridine rings is 1. The molecule has 1 amide bonds. The van der Waals surface area contributed by atoms with Crippen LogP contribution < -0.4 is 21.9 Å². The minimum atomic E-state index is -0.561. The largest absolute Gasteiger partial charge is 0.384 e. The number of nitrogens with two attached hydrogens (primary N) is 1. The smallest absolute Gasteiger partial charge is 0.279 e. The fourth-order valence-corrected chi connectivity index (χ4v) is 2.76. The lowest BCUT2D eigenvalue weighted by Crippen LogP contribution is -2.33. The van der Waals surface area contributed by atoms with Crippen molar-refractivity contribution in [1.82, 2.24) is 19.9 Å². The number of nitrogens with zero attached hydrogens (tertiary/aromatic N) is 3. The van der Waals surface area contributed by atoms with Gasteiger partial charge in [-0.1, -0.05) is 0 Å². The lowest BCUT2D eigenvalue weighted by atomic mass is 10.1. The molecule has 2 aromatic heterocycles. The Morgan fingerprint density at radius 1 is 1.27 bits per heavy atom. The molecule has 2 aromatic rings. The van der Waals surface area contributed by atoms with E-state index in [1.165, 1.54) is 18.5 Å². The van der Waals surface area contributed by atoms with E-state index < -0.39 is 17.3 Å². The molecule has 0 bridgehead atoms. The monoisotopic (exact) mass is 358 g/mol. The first-order valence-corrected chi connectivity index (χ1v) is 8.21. The number of halogens is 1. The average Bonchev–Trinajstić information content (AvgIpc) is 2.58. The van der Waals surface area contributed by atoms with Gasteiger partial charge in [-0.2, -0.15) is 0 Å². The average molecular weight is 358 g/mol. The maximum atomic E-state index is 14.2. The summed E-state index contributed by atoms with van der Waals surface area (Å²) < 4.78 is 15.2. The molecule has 1 aliphatic rings. The van der Waals surface area contributed by atoms with E-state index in [0.29, 0.717) is 30.8 Å². The Morgan fingerprint density at radius 2 is 2.08 bits per heavy atom. The number of hydrogen-bond donors (Lipinski definition) is 3. The Hall–Kier alpha value is -3.23. The van der Waals surface area contributed by atoms with Gasteiger partial charge in [0, 0.05) is 25.2 Å². The topological polar surface area (TPSA) is 115 Å². The molecule has 26 heavy (non-hydrogen) atoms. The first-order chi connectivity index (χ1) is 12.5. The molecule has 0 saturated carbocycles. The third-order valence-electron chi connectivity index (χ3n) is 3.99. The SMILES string of the molecule is Cc1cc(Nc2cc(N)ncn2)c(=O)n2c1C(=O)NCCCC/C(F)=C\2. The van der Waals surface area contributed by atoms with Crippen molar-refractivity contribution in [2.24, 2.45) is 0 Å². The molecule has 0 radical (unpaired) electrons. The maximum absolute atomic E-state index is 14.2. The van der Waals surface area contributed by atoms with Crippen molar-refractivity contribution in [2.75, 3.05) is 17.6 Å². The summed E-state index contributed by atoms with van der Waals surface area (Å²) >= 11 is 0. The number of rotatable bonds is 2. The number of fused-ring (bicyclic) bond motifs is 1. The summed E-state index contributed by atoms with van der Waals surface area (Å²) in [6, 6.07) is 3.00. The van der Waals surface area contributed by atoms with Crippen LogP contribution in [0.25, 0.3) is 6.20 Å². The lowest BCUT2D eigenvalue weighted by Gasteiger charge is -2.16. The zero-order chi connectivity index (χ0) is 18.7. The fraction of sp³-hybridized carbons (Fsp3) is 0.294. The molecule has 4 N–H and O–H groups in total. The summed E-state index contributed by atoms with van der Waals surface area (Å²) in [4.78, 5) is 33.1. The van der Waals surface area contributed by atoms with Crippen molar-refractivity contribution in [3.8, 4) is 0 Å². The van der Waals surface area contributed by atoms with Crippen LogP contribution in [0.1, 0.15) is 35.3 Å². The Kier molecular flexibility index (Phi) is 4.97. The van der Waals surface area contributed by atoms with Crippen LogP contribution in [0.3, 0.4) is 0 Å². The Balaban J connectivity index is 2.13. The molecule has 0 unspecified atom stereocenters. The molecule has 0 spiro atoms. The number of amides is 1. The standard InChI is InChI=1S/C17H19FN6O2/c1-10-6-12(23-14-7-13(19)21-9-22-14)17(26)24-8-11(18)4-2-3-5-20-16(25)15(10)24/h6-9H,2-5H2,1H3,(H,20,25)(H3,19,21,22,23)/b11-8+. The normalized spacial score (nSPS) is 16.8. The van der Waals surface area contributed by atoms with Crippen LogP contribution in [0, 0.1) is 6.92 Å². The molecule has 8 nitrogen and oxygen atoms in total. The molecule has 3 rings (SSSR count). The molecular weight excluding hydrogens is 339 g/mol. The number of carbonyl (C=O) groups is 1. The highest BCUT2D eigenvalue weighted by Gasteiger charge is 2.19. The number of anilines is 3. The zero-order valence-electron chi connectivity index (χ0n) is 14.3. The highest BCUT2D eigenvalue weighted by atomic mass is 19.1. The number of aromatic nitrogens is 3. The van der Waals surface area contributed by atoms with Gasteiger partial charge in [-0.15, -0.1) is 0 Å². The molecule has 0 aromatic carbocycles. The molecule has 1 aliphatic heterocycles. The predicted molar refractivity (Wildman–Crippen MR) is 96.7 cm³/mol. The van der Waals surface area contributed by atoms with E-state index >= 15 is 0 Å². The van der Waals surface area contributed by atoms with Gasteiger partial charge in [-0.3, -0.25) is 14.2 Å². The molecule has 0 fully saturated rings. The van der Waals surface area contributed by atoms with Gasteiger partial charge in [0.2, 0.25) is 0 Å². The van der Waals surface area contributed by atoms with E-state index in [4.69, 9.17) is 5.73 Å². The van der Waals surface area contributed by atoms with Crippen molar-refractivity contribution < 1.29 is 9.18 Å². The fourth-order valence-electron chi connectivity index (χ4n) is 2.76. The van der Waals surface area contributed by atoms with Gasteiger partial charge in [-0.25, -0.2) is 14.4 Å². The van der Waals surface area contributed by atoms with E-state index in [1.54, 1.807) is 6.92 Å². The summed E-state index contributed by atoms with van der Waals surface area (Å²) in [6.45, 7) is 2.11. The van der Waals surface area contributed by atoms with Crippen LogP contribution >= 0.6 is 0 Å². The Labute approximate surface area is 149 Å². The lowest BCUT2D eigenvalue weighted by molar-refractivity contribution is 0.0944. The quantitative estimate of drug-likeness (QED) is 0.756. The van der Waals surface area contributed by atoms with Crippen molar-refractivity contribution >= 4 is 29.4 Å². The molecule has 9 heteroatoms. The predicted octanol–water partition coefficient (Wildman–Crippen LogP) is 1.95. The van der Waals surface area contributed by atoms with Crippen LogP contribution in [-0.4, -0.2) is 27.0 Å². The Morgan fingerprint density at radius 3 is 2.85 bits per heavy atom. The molecular formula is C17H19FN6O2. The highest BCUT2D eigenvalue weighted by molar-refractivity contribution is 5.95.